The van der Waals surface area contributed by atoms with E-state index in [1.807, 2.05) is 11.3 Å². The summed E-state index contributed by atoms with van der Waals surface area (Å²) in [5.74, 6) is 0. The first-order valence-electron chi connectivity index (χ1n) is 2.43. The van der Waals surface area contributed by atoms with E-state index < -0.39 is 0 Å². The Morgan fingerprint density at radius 3 is 2.75 bits per heavy atom. The van der Waals surface area contributed by atoms with Crippen molar-refractivity contribution in [3.05, 3.63) is 21.9 Å². The standard InChI is InChI=1S/C6H7IS/c1-5-2-6(3-7)4-8-5/h2,4H,3H2,1H3. The summed E-state index contributed by atoms with van der Waals surface area (Å²) in [6, 6.07) is 2.23. The Kier molecular flexibility index (Phi) is 2.31. The highest BCUT2D eigenvalue weighted by molar-refractivity contribution is 14.1. The van der Waals surface area contributed by atoms with Gasteiger partial charge in [0.1, 0.15) is 0 Å². The summed E-state index contributed by atoms with van der Waals surface area (Å²) >= 11 is 4.20. The summed E-state index contributed by atoms with van der Waals surface area (Å²) in [5, 5.41) is 2.21. The van der Waals surface area contributed by atoms with Gasteiger partial charge in [-0.2, -0.15) is 0 Å². The molecule has 0 unspecified atom stereocenters. The molecule has 1 heterocycles. The van der Waals surface area contributed by atoms with Crippen LogP contribution in [0, 0.1) is 6.92 Å². The molecule has 0 aliphatic rings. The first-order chi connectivity index (χ1) is 3.83. The molecule has 2 heteroatoms. The molecule has 0 nitrogen and oxygen atoms in total. The molecule has 8 heavy (non-hydrogen) atoms. The molecule has 0 aromatic carbocycles. The van der Waals surface area contributed by atoms with Crippen LogP contribution in [0.3, 0.4) is 0 Å². The van der Waals surface area contributed by atoms with Gasteiger partial charge in [0.15, 0.2) is 0 Å². The van der Waals surface area contributed by atoms with Crippen molar-refractivity contribution in [1.29, 1.82) is 0 Å². The molecule has 0 fully saturated rings. The average Bonchev–Trinajstić information content (AvgIpc) is 2.14. The lowest BCUT2D eigenvalue weighted by Gasteiger charge is -1.78. The van der Waals surface area contributed by atoms with E-state index in [1.165, 1.54) is 10.4 Å². The van der Waals surface area contributed by atoms with Crippen LogP contribution >= 0.6 is 33.9 Å². The summed E-state index contributed by atoms with van der Waals surface area (Å²) in [5.41, 5.74) is 1.45. The smallest absolute Gasteiger partial charge is 0.0255 e. The van der Waals surface area contributed by atoms with Crippen LogP contribution in [0.15, 0.2) is 11.4 Å². The van der Waals surface area contributed by atoms with Gasteiger partial charge in [-0.3, -0.25) is 0 Å². The molecular formula is C6H7IS. The number of halogens is 1. The van der Waals surface area contributed by atoms with E-state index in [-0.39, 0.29) is 0 Å². The first-order valence-corrected chi connectivity index (χ1v) is 4.83. The Morgan fingerprint density at radius 1 is 1.75 bits per heavy atom. The third kappa shape index (κ3) is 1.45. The van der Waals surface area contributed by atoms with E-state index in [0.29, 0.717) is 0 Å². The second-order valence-corrected chi connectivity index (χ2v) is 3.58. The second-order valence-electron chi connectivity index (χ2n) is 1.70. The number of hydrogen-bond donors (Lipinski definition) is 0. The van der Waals surface area contributed by atoms with Crippen molar-refractivity contribution in [1.82, 2.24) is 0 Å². The summed E-state index contributed by atoms with van der Waals surface area (Å²) in [6.45, 7) is 2.14. The predicted molar refractivity (Wildman–Crippen MR) is 46.8 cm³/mol. The maximum absolute atomic E-state index is 2.37. The molecule has 0 aliphatic carbocycles. The number of alkyl halides is 1. The van der Waals surface area contributed by atoms with Crippen LogP contribution < -0.4 is 0 Å². The van der Waals surface area contributed by atoms with E-state index in [2.05, 4.69) is 41.0 Å². The summed E-state index contributed by atoms with van der Waals surface area (Å²) < 4.78 is 1.14. The zero-order valence-corrected chi connectivity index (χ0v) is 7.62. The van der Waals surface area contributed by atoms with Crippen LogP contribution in [0.5, 0.6) is 0 Å². The molecular weight excluding hydrogens is 231 g/mol. The fourth-order valence-corrected chi connectivity index (χ4v) is 2.02. The molecule has 1 rings (SSSR count). The number of thiophene rings is 1. The lowest BCUT2D eigenvalue weighted by atomic mass is 10.4. The molecule has 0 radical (unpaired) electrons. The van der Waals surface area contributed by atoms with Crippen LogP contribution in [0.4, 0.5) is 0 Å². The van der Waals surface area contributed by atoms with Crippen molar-refractivity contribution >= 4 is 33.9 Å². The average molecular weight is 238 g/mol. The van der Waals surface area contributed by atoms with Gasteiger partial charge in [-0.15, -0.1) is 11.3 Å². The number of hydrogen-bond acceptors (Lipinski definition) is 1. The van der Waals surface area contributed by atoms with Crippen LogP contribution in [0.1, 0.15) is 10.4 Å². The Bertz CT molecular complexity index is 169. The normalized spacial score (nSPS) is 9.75. The number of aryl methyl sites for hydroxylation is 1. The largest absolute Gasteiger partial charge is 0.149 e. The van der Waals surface area contributed by atoms with Crippen molar-refractivity contribution in [3.8, 4) is 0 Å². The monoisotopic (exact) mass is 238 g/mol. The summed E-state index contributed by atoms with van der Waals surface area (Å²) in [6.07, 6.45) is 0. The molecule has 0 saturated heterocycles. The van der Waals surface area contributed by atoms with Gasteiger partial charge < -0.3 is 0 Å². The van der Waals surface area contributed by atoms with E-state index in [0.717, 1.165) is 4.43 Å². The van der Waals surface area contributed by atoms with E-state index >= 15 is 0 Å². The highest BCUT2D eigenvalue weighted by Crippen LogP contribution is 2.15. The van der Waals surface area contributed by atoms with E-state index in [4.69, 9.17) is 0 Å². The first kappa shape index (κ1) is 6.55. The van der Waals surface area contributed by atoms with Crippen LogP contribution in [0.2, 0.25) is 0 Å². The lowest BCUT2D eigenvalue weighted by Crippen LogP contribution is -1.63. The van der Waals surface area contributed by atoms with Gasteiger partial charge in [0.2, 0.25) is 0 Å². The topological polar surface area (TPSA) is 0 Å². The quantitative estimate of drug-likeness (QED) is 0.521. The van der Waals surface area contributed by atoms with Gasteiger partial charge in [-0.1, -0.05) is 22.6 Å². The molecule has 44 valence electrons. The summed E-state index contributed by atoms with van der Waals surface area (Å²) in [4.78, 5) is 1.41. The third-order valence-electron chi connectivity index (χ3n) is 0.939. The van der Waals surface area contributed by atoms with Gasteiger partial charge in [-0.25, -0.2) is 0 Å². The molecule has 0 bridgehead atoms. The van der Waals surface area contributed by atoms with Crippen molar-refractivity contribution in [2.45, 2.75) is 11.4 Å². The third-order valence-corrected chi connectivity index (χ3v) is 2.73. The zero-order chi connectivity index (χ0) is 5.98. The van der Waals surface area contributed by atoms with Crippen molar-refractivity contribution in [3.63, 3.8) is 0 Å². The predicted octanol–water partition coefficient (Wildman–Crippen LogP) is 2.99. The van der Waals surface area contributed by atoms with Gasteiger partial charge in [0.25, 0.3) is 0 Å². The minimum Gasteiger partial charge on any atom is -0.149 e. The van der Waals surface area contributed by atoms with E-state index in [9.17, 15) is 0 Å². The minimum atomic E-state index is 1.14. The van der Waals surface area contributed by atoms with Crippen LogP contribution in [-0.2, 0) is 4.43 Å². The van der Waals surface area contributed by atoms with Crippen molar-refractivity contribution < 1.29 is 0 Å². The Hall–Kier alpha value is 0.430. The van der Waals surface area contributed by atoms with Gasteiger partial charge in [0, 0.05) is 9.30 Å². The Morgan fingerprint density at radius 2 is 2.50 bits per heavy atom. The molecule has 1 aromatic heterocycles. The highest BCUT2D eigenvalue weighted by atomic mass is 127. The van der Waals surface area contributed by atoms with Gasteiger partial charge in [0.05, 0.1) is 0 Å². The molecule has 0 atom stereocenters. The fraction of sp³-hybridized carbons (Fsp3) is 0.333. The molecule has 0 aliphatic heterocycles. The fourth-order valence-electron chi connectivity index (χ4n) is 0.568. The Balaban J connectivity index is 2.84. The number of rotatable bonds is 1. The maximum atomic E-state index is 2.37. The van der Waals surface area contributed by atoms with Crippen LogP contribution in [0.25, 0.3) is 0 Å². The van der Waals surface area contributed by atoms with Gasteiger partial charge in [-0.05, 0) is 23.9 Å². The molecule has 0 spiro atoms. The van der Waals surface area contributed by atoms with Gasteiger partial charge >= 0.3 is 0 Å². The molecule has 0 N–H and O–H groups in total. The molecule has 0 saturated carbocycles. The van der Waals surface area contributed by atoms with Crippen molar-refractivity contribution in [2.24, 2.45) is 0 Å². The van der Waals surface area contributed by atoms with E-state index in [1.54, 1.807) is 0 Å². The zero-order valence-electron chi connectivity index (χ0n) is 4.65. The molecule has 1 aromatic rings. The Labute approximate surface area is 67.1 Å². The summed E-state index contributed by atoms with van der Waals surface area (Å²) in [7, 11) is 0. The maximum Gasteiger partial charge on any atom is 0.0255 e. The lowest BCUT2D eigenvalue weighted by molar-refractivity contribution is 1.49. The van der Waals surface area contributed by atoms with Crippen molar-refractivity contribution in [2.75, 3.05) is 0 Å². The SMILES string of the molecule is Cc1cc(CI)cs1. The molecule has 0 amide bonds. The highest BCUT2D eigenvalue weighted by Gasteiger charge is 1.90. The minimum absolute atomic E-state index is 1.14. The second kappa shape index (κ2) is 2.82. The van der Waals surface area contributed by atoms with Crippen LogP contribution in [-0.4, -0.2) is 0 Å².